The minimum Gasteiger partial charge on any atom is -0.332 e. The van der Waals surface area contributed by atoms with E-state index in [1.807, 2.05) is 6.07 Å². The number of hydrogen-bond donors (Lipinski definition) is 3. The first-order valence-corrected chi connectivity index (χ1v) is 10.3. The van der Waals surface area contributed by atoms with Crippen molar-refractivity contribution in [2.75, 3.05) is 5.32 Å². The highest BCUT2D eigenvalue weighted by Crippen LogP contribution is 2.36. The Balaban J connectivity index is 0.00000306. The van der Waals surface area contributed by atoms with Gasteiger partial charge in [0.15, 0.2) is 0 Å². The van der Waals surface area contributed by atoms with Gasteiger partial charge >= 0.3 is 6.03 Å². The molecule has 0 aliphatic heterocycles. The van der Waals surface area contributed by atoms with Crippen LogP contribution < -0.4 is 16.0 Å². The van der Waals surface area contributed by atoms with Crippen LogP contribution in [0.25, 0.3) is 0 Å². The smallest absolute Gasteiger partial charge is 0.315 e. The van der Waals surface area contributed by atoms with Crippen molar-refractivity contribution in [3.63, 3.8) is 0 Å². The first-order valence-electron chi connectivity index (χ1n) is 9.94. The first kappa shape index (κ1) is 24.4. The average molecular weight is 493 g/mol. The second-order valence-electron chi connectivity index (χ2n) is 7.31. The van der Waals surface area contributed by atoms with Gasteiger partial charge in [-0.15, -0.1) is 12.4 Å². The van der Waals surface area contributed by atoms with Crippen LogP contribution in [-0.2, 0) is 13.0 Å². The van der Waals surface area contributed by atoms with E-state index in [1.165, 1.54) is 24.3 Å². The molecule has 2 aromatic carbocycles. The molecule has 0 saturated heterocycles. The molecule has 172 valence electrons. The number of amides is 3. The number of urea groups is 1. The summed E-state index contributed by atoms with van der Waals surface area (Å²) in [5, 5.41) is 8.00. The fraction of sp³-hybridized carbons (Fsp3) is 0.174. The molecule has 0 radical (unpaired) electrons. The molecule has 0 fully saturated rings. The topological polar surface area (TPSA) is 83.1 Å². The largest absolute Gasteiger partial charge is 0.332 e. The van der Waals surface area contributed by atoms with Gasteiger partial charge in [-0.2, -0.15) is 0 Å². The summed E-state index contributed by atoms with van der Waals surface area (Å²) in [6.07, 6.45) is 2.51. The van der Waals surface area contributed by atoms with E-state index in [9.17, 15) is 18.4 Å². The molecule has 0 saturated carbocycles. The number of nitrogens with zero attached hydrogens (tertiary/aromatic N) is 1. The number of hydrogen-bond acceptors (Lipinski definition) is 3. The molecular weight excluding hydrogens is 473 g/mol. The summed E-state index contributed by atoms with van der Waals surface area (Å²) in [5.74, 6) is -1.55. The van der Waals surface area contributed by atoms with E-state index >= 15 is 0 Å². The van der Waals surface area contributed by atoms with Crippen molar-refractivity contribution >= 4 is 41.6 Å². The van der Waals surface area contributed by atoms with Gasteiger partial charge in [-0.25, -0.2) is 13.6 Å². The van der Waals surface area contributed by atoms with E-state index in [4.69, 9.17) is 11.6 Å². The molecule has 1 aliphatic carbocycles. The Hall–Kier alpha value is -3.23. The fourth-order valence-corrected chi connectivity index (χ4v) is 3.91. The maximum absolute atomic E-state index is 14.6. The lowest BCUT2D eigenvalue weighted by Gasteiger charge is -2.16. The lowest BCUT2D eigenvalue weighted by atomic mass is 10.0. The molecule has 1 atom stereocenters. The van der Waals surface area contributed by atoms with E-state index in [-0.39, 0.29) is 24.0 Å². The molecule has 3 N–H and O–H groups in total. The van der Waals surface area contributed by atoms with Crippen LogP contribution in [0.4, 0.5) is 19.3 Å². The Morgan fingerprint density at radius 3 is 2.61 bits per heavy atom. The van der Waals surface area contributed by atoms with Crippen LogP contribution in [0.2, 0.25) is 5.02 Å². The zero-order valence-electron chi connectivity index (χ0n) is 17.2. The van der Waals surface area contributed by atoms with Crippen LogP contribution in [-0.4, -0.2) is 16.9 Å². The normalized spacial score (nSPS) is 14.1. The van der Waals surface area contributed by atoms with Crippen LogP contribution in [0.3, 0.4) is 0 Å². The van der Waals surface area contributed by atoms with Gasteiger partial charge < -0.3 is 16.0 Å². The van der Waals surface area contributed by atoms with E-state index in [0.717, 1.165) is 6.07 Å². The summed E-state index contributed by atoms with van der Waals surface area (Å²) in [5.41, 5.74) is 2.13. The highest BCUT2D eigenvalue weighted by molar-refractivity contribution is 6.31. The molecular formula is C23H20Cl2F2N4O2. The Morgan fingerprint density at radius 2 is 1.88 bits per heavy atom. The fourth-order valence-electron chi connectivity index (χ4n) is 3.73. The van der Waals surface area contributed by atoms with Gasteiger partial charge in [0.2, 0.25) is 0 Å². The average Bonchev–Trinajstić information content (AvgIpc) is 3.20. The summed E-state index contributed by atoms with van der Waals surface area (Å²) >= 11 is 5.76. The van der Waals surface area contributed by atoms with Crippen LogP contribution in [0.15, 0.2) is 54.7 Å². The number of anilines is 1. The van der Waals surface area contributed by atoms with E-state index in [2.05, 4.69) is 20.9 Å². The lowest BCUT2D eigenvalue weighted by molar-refractivity contribution is 0.102. The zero-order valence-corrected chi connectivity index (χ0v) is 18.8. The molecule has 4 rings (SSSR count). The third kappa shape index (κ3) is 5.58. The highest BCUT2D eigenvalue weighted by atomic mass is 35.5. The van der Waals surface area contributed by atoms with E-state index in [0.29, 0.717) is 40.9 Å². The van der Waals surface area contributed by atoms with Crippen LogP contribution in [0.5, 0.6) is 0 Å². The molecule has 6 nitrogen and oxygen atoms in total. The number of rotatable bonds is 5. The maximum atomic E-state index is 14.6. The van der Waals surface area contributed by atoms with Gasteiger partial charge in [-0.05, 0) is 60.9 Å². The second-order valence-corrected chi connectivity index (χ2v) is 7.72. The van der Waals surface area contributed by atoms with Crippen LogP contribution in [0, 0.1) is 11.6 Å². The van der Waals surface area contributed by atoms with Gasteiger partial charge in [-0.3, -0.25) is 9.78 Å². The van der Waals surface area contributed by atoms with Gasteiger partial charge in [0.1, 0.15) is 11.6 Å². The van der Waals surface area contributed by atoms with Gasteiger partial charge in [0.05, 0.1) is 23.3 Å². The Morgan fingerprint density at radius 1 is 1.09 bits per heavy atom. The number of aromatic nitrogens is 1. The monoisotopic (exact) mass is 492 g/mol. The SMILES string of the molecule is Cl.O=C(NCc1ccccn1)NC1CCc2c(C(=O)Nc3ccc(F)c(Cl)c3)ccc(F)c21. The van der Waals surface area contributed by atoms with Crippen molar-refractivity contribution in [2.24, 2.45) is 0 Å². The van der Waals surface area contributed by atoms with Crippen molar-refractivity contribution in [1.29, 1.82) is 0 Å². The molecule has 3 amide bonds. The molecule has 0 bridgehead atoms. The van der Waals surface area contributed by atoms with Gasteiger partial charge in [0, 0.05) is 23.0 Å². The van der Waals surface area contributed by atoms with Crippen LogP contribution >= 0.6 is 24.0 Å². The quantitative estimate of drug-likeness (QED) is 0.459. The van der Waals surface area contributed by atoms with Crippen molar-refractivity contribution < 1.29 is 18.4 Å². The van der Waals surface area contributed by atoms with Crippen molar-refractivity contribution in [2.45, 2.75) is 25.4 Å². The Bertz CT molecular complexity index is 1180. The lowest BCUT2D eigenvalue weighted by Crippen LogP contribution is -2.37. The minimum absolute atomic E-state index is 0. The minimum atomic E-state index is -0.595. The molecule has 1 aliphatic rings. The molecule has 1 aromatic heterocycles. The number of pyridine rings is 1. The third-order valence-electron chi connectivity index (χ3n) is 5.22. The number of carbonyl (C=O) groups excluding carboxylic acids is 2. The number of carbonyl (C=O) groups is 2. The molecule has 0 spiro atoms. The molecule has 1 unspecified atom stereocenters. The molecule has 1 heterocycles. The van der Waals surface area contributed by atoms with Crippen molar-refractivity contribution in [3.05, 3.63) is 93.8 Å². The standard InChI is InChI=1S/C23H19ClF2N4O2.ClH/c24-17-11-13(4-7-18(17)25)29-22(31)16-5-8-19(26)21-15(16)6-9-20(21)30-23(32)28-12-14-3-1-2-10-27-14;/h1-5,7-8,10-11,20H,6,9,12H2,(H,29,31)(H2,28,30,32);1H. The summed E-state index contributed by atoms with van der Waals surface area (Å²) in [7, 11) is 0. The van der Waals surface area contributed by atoms with E-state index < -0.39 is 29.6 Å². The summed E-state index contributed by atoms with van der Waals surface area (Å²) in [6.45, 7) is 0.234. The predicted octanol–water partition coefficient (Wildman–Crippen LogP) is 5.17. The van der Waals surface area contributed by atoms with E-state index in [1.54, 1.807) is 18.3 Å². The Labute approximate surface area is 200 Å². The summed E-state index contributed by atoms with van der Waals surface area (Å²) in [6, 6.07) is 10.8. The number of fused-ring (bicyclic) bond motifs is 1. The number of halogens is 4. The number of benzene rings is 2. The predicted molar refractivity (Wildman–Crippen MR) is 124 cm³/mol. The van der Waals surface area contributed by atoms with Crippen LogP contribution in [0.1, 0.15) is 39.6 Å². The Kier molecular flexibility index (Phi) is 7.84. The zero-order chi connectivity index (χ0) is 22.7. The molecule has 3 aromatic rings. The third-order valence-corrected chi connectivity index (χ3v) is 5.51. The highest BCUT2D eigenvalue weighted by Gasteiger charge is 2.31. The number of nitrogens with one attached hydrogen (secondary N) is 3. The van der Waals surface area contributed by atoms with Crippen molar-refractivity contribution in [1.82, 2.24) is 15.6 Å². The summed E-state index contributed by atoms with van der Waals surface area (Å²) < 4.78 is 28.0. The first-order chi connectivity index (χ1) is 15.4. The molecule has 10 heteroatoms. The van der Waals surface area contributed by atoms with Gasteiger partial charge in [-0.1, -0.05) is 17.7 Å². The molecule has 33 heavy (non-hydrogen) atoms. The maximum Gasteiger partial charge on any atom is 0.315 e. The van der Waals surface area contributed by atoms with Crippen molar-refractivity contribution in [3.8, 4) is 0 Å². The van der Waals surface area contributed by atoms with Gasteiger partial charge in [0.25, 0.3) is 5.91 Å². The second kappa shape index (κ2) is 10.6. The summed E-state index contributed by atoms with van der Waals surface area (Å²) in [4.78, 5) is 29.2.